The second kappa shape index (κ2) is 13.6. The van der Waals surface area contributed by atoms with Crippen LogP contribution in [-0.4, -0.2) is 36.1 Å². The highest BCUT2D eigenvalue weighted by Crippen LogP contribution is 2.35. The molecule has 4 nitrogen and oxygen atoms in total. The summed E-state index contributed by atoms with van der Waals surface area (Å²) in [5.74, 6) is 0.804. The Hall–Kier alpha value is -2.41. The van der Waals surface area contributed by atoms with Gasteiger partial charge in [0.05, 0.1) is 26.4 Å². The standard InChI is InChI=1S/C30H34O4S/c1-23(2)22-35-30-29(33-20-26-16-10-5-11-17-26)28(32-19-25-14-8-4-9-15-25)27(34-30)21-31-18-24-12-6-3-7-13-24/h3-17,27-30H,1,18-22H2,2H3/t27-,28-,29+,30+/m1/s1. The van der Waals surface area contributed by atoms with Gasteiger partial charge in [-0.25, -0.2) is 0 Å². The molecule has 1 aliphatic heterocycles. The molecule has 1 aliphatic rings. The Labute approximate surface area is 213 Å². The van der Waals surface area contributed by atoms with E-state index in [0.717, 1.165) is 28.0 Å². The lowest BCUT2D eigenvalue weighted by Crippen LogP contribution is -2.38. The molecule has 1 saturated heterocycles. The van der Waals surface area contributed by atoms with E-state index in [4.69, 9.17) is 18.9 Å². The van der Waals surface area contributed by atoms with Gasteiger partial charge in [0, 0.05) is 5.75 Å². The number of rotatable bonds is 13. The van der Waals surface area contributed by atoms with Crippen LogP contribution in [0, 0.1) is 0 Å². The fraction of sp³-hybridized carbons (Fsp3) is 0.333. The number of hydrogen-bond donors (Lipinski definition) is 0. The molecule has 0 N–H and O–H groups in total. The van der Waals surface area contributed by atoms with Crippen molar-refractivity contribution in [2.24, 2.45) is 0 Å². The van der Waals surface area contributed by atoms with Crippen LogP contribution < -0.4 is 0 Å². The summed E-state index contributed by atoms with van der Waals surface area (Å²) in [7, 11) is 0. The lowest BCUT2D eigenvalue weighted by molar-refractivity contribution is -0.0895. The molecule has 0 bridgehead atoms. The van der Waals surface area contributed by atoms with Gasteiger partial charge in [-0.1, -0.05) is 103 Å². The van der Waals surface area contributed by atoms with Gasteiger partial charge >= 0.3 is 0 Å². The lowest BCUT2D eigenvalue weighted by atomic mass is 10.1. The Balaban J connectivity index is 1.47. The molecule has 1 heterocycles. The van der Waals surface area contributed by atoms with Gasteiger partial charge in [-0.2, -0.15) is 0 Å². The van der Waals surface area contributed by atoms with Crippen LogP contribution in [0.2, 0.25) is 0 Å². The van der Waals surface area contributed by atoms with Gasteiger partial charge in [0.1, 0.15) is 23.7 Å². The molecule has 0 amide bonds. The Morgan fingerprint density at radius 2 is 1.23 bits per heavy atom. The van der Waals surface area contributed by atoms with E-state index >= 15 is 0 Å². The molecule has 3 aromatic carbocycles. The van der Waals surface area contributed by atoms with E-state index in [1.165, 1.54) is 0 Å². The number of thioether (sulfide) groups is 1. The average molecular weight is 491 g/mol. The van der Waals surface area contributed by atoms with E-state index in [9.17, 15) is 0 Å². The summed E-state index contributed by atoms with van der Waals surface area (Å²) in [6.07, 6.45) is -0.711. The van der Waals surface area contributed by atoms with Crippen LogP contribution in [0.4, 0.5) is 0 Å². The van der Waals surface area contributed by atoms with Crippen molar-refractivity contribution < 1.29 is 18.9 Å². The first-order valence-electron chi connectivity index (χ1n) is 12.0. The maximum Gasteiger partial charge on any atom is 0.133 e. The summed E-state index contributed by atoms with van der Waals surface area (Å²) >= 11 is 1.71. The van der Waals surface area contributed by atoms with Crippen molar-refractivity contribution in [2.75, 3.05) is 12.4 Å². The molecule has 0 unspecified atom stereocenters. The molecule has 1 fully saturated rings. The molecule has 3 aromatic rings. The molecule has 35 heavy (non-hydrogen) atoms. The van der Waals surface area contributed by atoms with Gasteiger partial charge in [-0.15, -0.1) is 11.8 Å². The van der Waals surface area contributed by atoms with Crippen molar-refractivity contribution >= 4 is 11.8 Å². The monoisotopic (exact) mass is 490 g/mol. The fourth-order valence-electron chi connectivity index (χ4n) is 3.96. The van der Waals surface area contributed by atoms with Crippen molar-refractivity contribution in [3.63, 3.8) is 0 Å². The summed E-state index contributed by atoms with van der Waals surface area (Å²) in [5.41, 5.74) is 4.32. The van der Waals surface area contributed by atoms with Crippen molar-refractivity contribution in [2.45, 2.75) is 50.5 Å². The highest BCUT2D eigenvalue weighted by atomic mass is 32.2. The van der Waals surface area contributed by atoms with E-state index in [0.29, 0.717) is 26.4 Å². The predicted octanol–water partition coefficient (Wildman–Crippen LogP) is 6.41. The van der Waals surface area contributed by atoms with Crippen LogP contribution in [0.15, 0.2) is 103 Å². The summed E-state index contributed by atoms with van der Waals surface area (Å²) in [5, 5.41) is 0. The summed E-state index contributed by atoms with van der Waals surface area (Å²) in [6.45, 7) is 8.05. The second-order valence-electron chi connectivity index (χ2n) is 8.83. The Morgan fingerprint density at radius 3 is 1.74 bits per heavy atom. The maximum atomic E-state index is 6.50. The maximum absolute atomic E-state index is 6.50. The summed E-state index contributed by atoms with van der Waals surface area (Å²) < 4.78 is 25.5. The zero-order valence-corrected chi connectivity index (χ0v) is 21.1. The van der Waals surface area contributed by atoms with Crippen LogP contribution in [0.25, 0.3) is 0 Å². The van der Waals surface area contributed by atoms with Crippen molar-refractivity contribution in [1.29, 1.82) is 0 Å². The second-order valence-corrected chi connectivity index (χ2v) is 9.92. The smallest absolute Gasteiger partial charge is 0.133 e. The van der Waals surface area contributed by atoms with Gasteiger partial charge in [0.2, 0.25) is 0 Å². The molecule has 0 radical (unpaired) electrons. The van der Waals surface area contributed by atoms with Gasteiger partial charge in [-0.05, 0) is 23.6 Å². The quantitative estimate of drug-likeness (QED) is 0.259. The van der Waals surface area contributed by atoms with Gasteiger partial charge in [0.15, 0.2) is 0 Å². The average Bonchev–Trinajstić information content (AvgIpc) is 3.23. The van der Waals surface area contributed by atoms with E-state index in [1.54, 1.807) is 11.8 Å². The Kier molecular flexibility index (Phi) is 9.99. The molecule has 0 aliphatic carbocycles. The van der Waals surface area contributed by atoms with E-state index in [1.807, 2.05) is 61.5 Å². The summed E-state index contributed by atoms with van der Waals surface area (Å²) in [4.78, 5) is 0. The SMILES string of the molecule is C=C(C)CS[C@@H]1O[C@H](COCc2ccccc2)[C@@H](OCc2ccccc2)[C@@H]1OCc1ccccc1. The molecule has 5 heteroatoms. The van der Waals surface area contributed by atoms with Gasteiger partial charge in [-0.3, -0.25) is 0 Å². The van der Waals surface area contributed by atoms with Crippen LogP contribution >= 0.6 is 11.8 Å². The first kappa shape index (κ1) is 25.7. The van der Waals surface area contributed by atoms with E-state index in [2.05, 4.69) is 43.0 Å². The van der Waals surface area contributed by atoms with Crippen LogP contribution in [0.1, 0.15) is 23.6 Å². The third kappa shape index (κ3) is 8.06. The molecule has 184 valence electrons. The third-order valence-electron chi connectivity index (χ3n) is 5.73. The minimum Gasteiger partial charge on any atom is -0.374 e. The first-order chi connectivity index (χ1) is 17.2. The van der Waals surface area contributed by atoms with E-state index < -0.39 is 0 Å². The van der Waals surface area contributed by atoms with Crippen molar-refractivity contribution in [3.8, 4) is 0 Å². The Bertz CT molecular complexity index is 1010. The zero-order valence-electron chi connectivity index (χ0n) is 20.3. The number of ether oxygens (including phenoxy) is 4. The highest BCUT2D eigenvalue weighted by Gasteiger charge is 2.46. The topological polar surface area (TPSA) is 36.9 Å². The summed E-state index contributed by atoms with van der Waals surface area (Å²) in [6, 6.07) is 30.6. The highest BCUT2D eigenvalue weighted by molar-refractivity contribution is 8.00. The molecule has 4 atom stereocenters. The molecule has 0 aromatic heterocycles. The number of hydrogen-bond acceptors (Lipinski definition) is 5. The Morgan fingerprint density at radius 1 is 0.743 bits per heavy atom. The third-order valence-corrected chi connectivity index (χ3v) is 7.09. The normalized spacial score (nSPS) is 21.7. The molecule has 4 rings (SSSR count). The van der Waals surface area contributed by atoms with Gasteiger partial charge < -0.3 is 18.9 Å². The number of benzene rings is 3. The van der Waals surface area contributed by atoms with Gasteiger partial charge in [0.25, 0.3) is 0 Å². The lowest BCUT2D eigenvalue weighted by Gasteiger charge is -2.25. The van der Waals surface area contributed by atoms with E-state index in [-0.39, 0.29) is 23.7 Å². The first-order valence-corrected chi connectivity index (χ1v) is 13.1. The van der Waals surface area contributed by atoms with Crippen LogP contribution in [0.5, 0.6) is 0 Å². The van der Waals surface area contributed by atoms with Crippen molar-refractivity contribution in [3.05, 3.63) is 120 Å². The minimum atomic E-state index is -0.252. The van der Waals surface area contributed by atoms with Crippen LogP contribution in [0.3, 0.4) is 0 Å². The zero-order chi connectivity index (χ0) is 24.3. The largest absolute Gasteiger partial charge is 0.374 e. The predicted molar refractivity (Wildman–Crippen MR) is 142 cm³/mol. The fourth-order valence-corrected chi connectivity index (χ4v) is 5.06. The molecule has 0 spiro atoms. The molecular formula is C30H34O4S. The molecular weight excluding hydrogens is 456 g/mol. The van der Waals surface area contributed by atoms with Crippen LogP contribution in [-0.2, 0) is 38.8 Å². The molecule has 0 saturated carbocycles. The van der Waals surface area contributed by atoms with Crippen molar-refractivity contribution in [1.82, 2.24) is 0 Å². The minimum absolute atomic E-state index is 0.165.